The zero-order valence-electron chi connectivity index (χ0n) is 27.0. The Balaban J connectivity index is 3.03. The summed E-state index contributed by atoms with van der Waals surface area (Å²) in [5.41, 5.74) is 0. The molecule has 0 atom stereocenters. The van der Waals surface area contributed by atoms with Crippen LogP contribution >= 0.6 is 0 Å². The second-order valence-electron chi connectivity index (χ2n) is 9.60. The topological polar surface area (TPSA) is 105 Å². The molecule has 0 N–H and O–H groups in total. The Kier molecular flexibility index (Phi) is 38.1. The minimum Gasteiger partial charge on any atom is -0.379 e. The predicted octanol–water partition coefficient (Wildman–Crippen LogP) is 2.31. The second kappa shape index (κ2) is 38.5. The van der Waals surface area contributed by atoms with E-state index in [4.69, 9.17) is 52.1 Å². The van der Waals surface area contributed by atoms with Crippen molar-refractivity contribution in [3.63, 3.8) is 0 Å². The lowest BCUT2D eigenvalue weighted by atomic mass is 10.2. The smallest absolute Gasteiger partial charge is 0.0701 e. The summed E-state index contributed by atoms with van der Waals surface area (Å²) < 4.78 is 60.2. The van der Waals surface area contributed by atoms with Gasteiger partial charge in [-0.3, -0.25) is 0 Å². The van der Waals surface area contributed by atoms with Crippen molar-refractivity contribution in [1.82, 2.24) is 4.90 Å². The first-order valence-electron chi connectivity index (χ1n) is 15.8. The van der Waals surface area contributed by atoms with Crippen molar-refractivity contribution in [3.8, 4) is 0 Å². The Bertz CT molecular complexity index is 479. The SMILES string of the molecule is CCCCCCOCCOCCOCCOCCOCCOCCOCCOCCOCCOCCOCCN(C)C. The third-order valence-corrected chi connectivity index (χ3v) is 5.55. The first-order chi connectivity index (χ1) is 20.8. The summed E-state index contributed by atoms with van der Waals surface area (Å²) in [6, 6.07) is 0. The van der Waals surface area contributed by atoms with Crippen molar-refractivity contribution in [1.29, 1.82) is 0 Å². The summed E-state index contributed by atoms with van der Waals surface area (Å²) in [4.78, 5) is 2.09. The van der Waals surface area contributed by atoms with E-state index in [0.29, 0.717) is 132 Å². The number of rotatable bonds is 38. The van der Waals surface area contributed by atoms with Crippen LogP contribution in [-0.2, 0) is 52.1 Å². The third kappa shape index (κ3) is 39.5. The van der Waals surface area contributed by atoms with Crippen LogP contribution in [0.4, 0.5) is 0 Å². The quantitative estimate of drug-likeness (QED) is 0.0955. The van der Waals surface area contributed by atoms with Gasteiger partial charge in [0.2, 0.25) is 0 Å². The van der Waals surface area contributed by atoms with Gasteiger partial charge in [0.15, 0.2) is 0 Å². The summed E-state index contributed by atoms with van der Waals surface area (Å²) in [7, 11) is 4.05. The molecule has 0 unspecified atom stereocenters. The molecule has 0 rings (SSSR count). The Hall–Kier alpha value is -0.480. The van der Waals surface area contributed by atoms with Crippen molar-refractivity contribution < 1.29 is 52.1 Å². The molecule has 0 bridgehead atoms. The van der Waals surface area contributed by atoms with Gasteiger partial charge >= 0.3 is 0 Å². The summed E-state index contributed by atoms with van der Waals surface area (Å²) in [6.45, 7) is 15.7. The van der Waals surface area contributed by atoms with Crippen LogP contribution in [-0.4, -0.2) is 171 Å². The lowest BCUT2D eigenvalue weighted by Gasteiger charge is -2.10. The normalized spacial score (nSPS) is 11.7. The Morgan fingerprint density at radius 3 is 0.762 bits per heavy atom. The second-order valence-corrected chi connectivity index (χ2v) is 9.60. The number of hydrogen-bond donors (Lipinski definition) is 0. The van der Waals surface area contributed by atoms with Gasteiger partial charge in [0, 0.05) is 13.2 Å². The minimum absolute atomic E-state index is 0.525. The first-order valence-corrected chi connectivity index (χ1v) is 15.8. The van der Waals surface area contributed by atoms with E-state index in [9.17, 15) is 0 Å². The number of ether oxygens (including phenoxy) is 11. The van der Waals surface area contributed by atoms with Crippen LogP contribution in [0.1, 0.15) is 32.6 Å². The van der Waals surface area contributed by atoms with Gasteiger partial charge in [0.05, 0.1) is 139 Å². The zero-order valence-corrected chi connectivity index (χ0v) is 27.0. The molecule has 0 amide bonds. The highest BCUT2D eigenvalue weighted by atomic mass is 16.6. The molecule has 0 saturated carbocycles. The molecule has 0 aromatic heterocycles. The molecule has 0 heterocycles. The van der Waals surface area contributed by atoms with E-state index in [1.165, 1.54) is 19.3 Å². The maximum Gasteiger partial charge on any atom is 0.0701 e. The summed E-state index contributed by atoms with van der Waals surface area (Å²) in [5.74, 6) is 0. The minimum atomic E-state index is 0.525. The average molecular weight is 614 g/mol. The number of nitrogens with zero attached hydrogens (tertiary/aromatic N) is 1. The molecular formula is C30H63NO11. The molecule has 0 saturated heterocycles. The Morgan fingerprint density at radius 2 is 0.524 bits per heavy atom. The largest absolute Gasteiger partial charge is 0.379 e. The van der Waals surface area contributed by atoms with E-state index in [0.717, 1.165) is 26.2 Å². The first kappa shape index (κ1) is 41.5. The van der Waals surface area contributed by atoms with Crippen LogP contribution in [0.3, 0.4) is 0 Å². The average Bonchev–Trinajstić information content (AvgIpc) is 2.98. The Labute approximate surface area is 255 Å². The summed E-state index contributed by atoms with van der Waals surface area (Å²) in [6.07, 6.45) is 4.90. The van der Waals surface area contributed by atoms with Gasteiger partial charge in [-0.25, -0.2) is 0 Å². The van der Waals surface area contributed by atoms with Gasteiger partial charge < -0.3 is 57.0 Å². The fourth-order valence-corrected chi connectivity index (χ4v) is 3.18. The van der Waals surface area contributed by atoms with E-state index in [1.807, 2.05) is 14.1 Å². The maximum atomic E-state index is 5.52. The molecule has 0 aliphatic carbocycles. The zero-order chi connectivity index (χ0) is 30.4. The molecule has 12 nitrogen and oxygen atoms in total. The van der Waals surface area contributed by atoms with E-state index < -0.39 is 0 Å². The predicted molar refractivity (Wildman–Crippen MR) is 162 cm³/mol. The molecule has 0 aliphatic rings. The number of hydrogen-bond acceptors (Lipinski definition) is 12. The maximum absolute atomic E-state index is 5.52. The van der Waals surface area contributed by atoms with Crippen LogP contribution in [0.25, 0.3) is 0 Å². The van der Waals surface area contributed by atoms with Gasteiger partial charge in [-0.2, -0.15) is 0 Å². The lowest BCUT2D eigenvalue weighted by Crippen LogP contribution is -2.19. The van der Waals surface area contributed by atoms with E-state index in [1.54, 1.807) is 0 Å². The van der Waals surface area contributed by atoms with Gasteiger partial charge in [-0.15, -0.1) is 0 Å². The highest BCUT2D eigenvalue weighted by molar-refractivity contribution is 4.42. The van der Waals surface area contributed by atoms with Crippen LogP contribution in [0, 0.1) is 0 Å². The summed E-state index contributed by atoms with van der Waals surface area (Å²) >= 11 is 0. The fourth-order valence-electron chi connectivity index (χ4n) is 3.18. The molecule has 0 aliphatic heterocycles. The molecule has 0 aromatic carbocycles. The monoisotopic (exact) mass is 613 g/mol. The number of likely N-dealkylation sites (N-methyl/N-ethyl adjacent to an activating group) is 1. The molecule has 0 aromatic rings. The standard InChI is InChI=1S/C30H63NO11/c1-4-5-6-7-9-32-11-13-34-15-17-36-19-21-38-23-25-40-27-29-42-30-28-41-26-24-39-22-20-37-18-16-35-14-12-33-10-8-31(2)3/h4-30H2,1-3H3. The van der Waals surface area contributed by atoms with Gasteiger partial charge in [-0.1, -0.05) is 26.2 Å². The van der Waals surface area contributed by atoms with Crippen LogP contribution in [0.15, 0.2) is 0 Å². The lowest BCUT2D eigenvalue weighted by molar-refractivity contribution is -0.0276. The van der Waals surface area contributed by atoms with Gasteiger partial charge in [0.25, 0.3) is 0 Å². The van der Waals surface area contributed by atoms with Crippen LogP contribution in [0.2, 0.25) is 0 Å². The van der Waals surface area contributed by atoms with E-state index >= 15 is 0 Å². The van der Waals surface area contributed by atoms with Crippen molar-refractivity contribution in [2.45, 2.75) is 32.6 Å². The fraction of sp³-hybridized carbons (Fsp3) is 1.00. The summed E-state index contributed by atoms with van der Waals surface area (Å²) in [5, 5.41) is 0. The van der Waals surface area contributed by atoms with Crippen molar-refractivity contribution in [2.75, 3.05) is 166 Å². The molecule has 12 heteroatoms. The number of unbranched alkanes of at least 4 members (excludes halogenated alkanes) is 3. The molecule has 254 valence electrons. The van der Waals surface area contributed by atoms with Crippen LogP contribution < -0.4 is 0 Å². The van der Waals surface area contributed by atoms with Gasteiger partial charge in [-0.05, 0) is 20.5 Å². The highest BCUT2D eigenvalue weighted by Gasteiger charge is 1.97. The Morgan fingerprint density at radius 1 is 0.286 bits per heavy atom. The van der Waals surface area contributed by atoms with Crippen LogP contribution in [0.5, 0.6) is 0 Å². The third-order valence-electron chi connectivity index (χ3n) is 5.55. The van der Waals surface area contributed by atoms with Gasteiger partial charge in [0.1, 0.15) is 0 Å². The van der Waals surface area contributed by atoms with E-state index in [2.05, 4.69) is 11.8 Å². The molecular weight excluding hydrogens is 550 g/mol. The highest BCUT2D eigenvalue weighted by Crippen LogP contribution is 1.98. The van der Waals surface area contributed by atoms with Crippen molar-refractivity contribution in [2.24, 2.45) is 0 Å². The molecule has 0 spiro atoms. The van der Waals surface area contributed by atoms with Crippen molar-refractivity contribution in [3.05, 3.63) is 0 Å². The van der Waals surface area contributed by atoms with E-state index in [-0.39, 0.29) is 0 Å². The molecule has 42 heavy (non-hydrogen) atoms. The van der Waals surface area contributed by atoms with Crippen molar-refractivity contribution >= 4 is 0 Å². The molecule has 0 fully saturated rings. The molecule has 0 radical (unpaired) electrons.